The summed E-state index contributed by atoms with van der Waals surface area (Å²) in [6.45, 7) is 1.29. The molecule has 2 aromatic rings. The van der Waals surface area contributed by atoms with Gasteiger partial charge in [-0.15, -0.1) is 0 Å². The first kappa shape index (κ1) is 24.4. The maximum atomic E-state index is 13.8. The van der Waals surface area contributed by atoms with Crippen LogP contribution in [0.3, 0.4) is 0 Å². The molecule has 4 rings (SSSR count). The zero-order valence-corrected chi connectivity index (χ0v) is 20.2. The van der Waals surface area contributed by atoms with Gasteiger partial charge in [0.15, 0.2) is 0 Å². The molecular weight excluding hydrogens is 454 g/mol. The minimum Gasteiger partial charge on any atom is -0.385 e. The minimum atomic E-state index is -1.31. The number of hydrogen-bond acceptors (Lipinski definition) is 5. The van der Waals surface area contributed by atoms with Gasteiger partial charge < -0.3 is 9.64 Å². The molecule has 0 spiro atoms. The standard InChI is InChI=1S/C26H30ClN3O4/c1-34-16-8-15-30-24(32)18-26(25(30)33,19-9-2-3-10-20(19)27)17-23(31)29-14-7-5-12-22(29)21-11-4-6-13-28-21/h2-4,6,9-11,13,22H,5,7-8,12,14-18H2,1H3/t22-,26-/m0/s1. The van der Waals surface area contributed by atoms with E-state index < -0.39 is 5.41 Å². The molecule has 7 nitrogen and oxygen atoms in total. The number of piperidine rings is 1. The molecule has 1 aromatic heterocycles. The third kappa shape index (κ3) is 4.72. The number of ether oxygens (including phenoxy) is 1. The molecule has 0 aliphatic carbocycles. The van der Waals surface area contributed by atoms with Crippen LogP contribution in [-0.2, 0) is 24.5 Å². The Bertz CT molecular complexity index is 1050. The minimum absolute atomic E-state index is 0.0730. The van der Waals surface area contributed by atoms with Crippen LogP contribution < -0.4 is 0 Å². The number of amides is 3. The number of carbonyl (C=O) groups excluding carboxylic acids is 3. The fourth-order valence-electron chi connectivity index (χ4n) is 5.16. The van der Waals surface area contributed by atoms with E-state index >= 15 is 0 Å². The molecule has 2 atom stereocenters. The first-order valence-electron chi connectivity index (χ1n) is 11.8. The normalized spacial score (nSPS) is 22.9. The number of halogens is 1. The maximum absolute atomic E-state index is 13.8. The highest BCUT2D eigenvalue weighted by atomic mass is 35.5. The Labute approximate surface area is 205 Å². The molecule has 3 heterocycles. The summed E-state index contributed by atoms with van der Waals surface area (Å²) in [6.07, 6.45) is 4.80. The number of hydrogen-bond donors (Lipinski definition) is 0. The number of carbonyl (C=O) groups is 3. The lowest BCUT2D eigenvalue weighted by Gasteiger charge is -2.38. The van der Waals surface area contributed by atoms with Crippen LogP contribution in [0.15, 0.2) is 48.7 Å². The molecule has 0 unspecified atom stereocenters. The van der Waals surface area contributed by atoms with Crippen LogP contribution in [0, 0.1) is 0 Å². The number of aromatic nitrogens is 1. The van der Waals surface area contributed by atoms with Gasteiger partial charge in [0.1, 0.15) is 0 Å². The Morgan fingerprint density at radius 3 is 2.71 bits per heavy atom. The van der Waals surface area contributed by atoms with Gasteiger partial charge in [0, 0.05) is 50.9 Å². The molecule has 0 saturated carbocycles. The van der Waals surface area contributed by atoms with Crippen molar-refractivity contribution in [3.8, 4) is 0 Å². The van der Waals surface area contributed by atoms with Gasteiger partial charge in [0.2, 0.25) is 17.7 Å². The van der Waals surface area contributed by atoms with Gasteiger partial charge >= 0.3 is 0 Å². The Balaban J connectivity index is 1.67. The fraction of sp³-hybridized carbons (Fsp3) is 0.462. The third-order valence-electron chi connectivity index (χ3n) is 6.83. The van der Waals surface area contributed by atoms with E-state index in [1.165, 1.54) is 4.90 Å². The SMILES string of the molecule is COCCCN1C(=O)C[C@@](CC(=O)N2CCCC[C@H]2c2ccccn2)(c2ccccc2Cl)C1=O. The molecule has 2 saturated heterocycles. The van der Waals surface area contributed by atoms with Gasteiger partial charge in [-0.1, -0.05) is 35.9 Å². The predicted molar refractivity (Wildman–Crippen MR) is 128 cm³/mol. The molecule has 8 heteroatoms. The van der Waals surface area contributed by atoms with E-state index in [0.29, 0.717) is 30.2 Å². The van der Waals surface area contributed by atoms with E-state index in [1.54, 1.807) is 37.6 Å². The van der Waals surface area contributed by atoms with Gasteiger partial charge in [0.05, 0.1) is 17.2 Å². The van der Waals surface area contributed by atoms with Crippen LogP contribution in [0.2, 0.25) is 5.02 Å². The Morgan fingerprint density at radius 1 is 1.18 bits per heavy atom. The van der Waals surface area contributed by atoms with Crippen molar-refractivity contribution in [1.29, 1.82) is 0 Å². The van der Waals surface area contributed by atoms with Gasteiger partial charge in [0.25, 0.3) is 0 Å². The molecule has 0 radical (unpaired) electrons. The van der Waals surface area contributed by atoms with Crippen LogP contribution in [0.25, 0.3) is 0 Å². The number of imide groups is 1. The number of likely N-dealkylation sites (tertiary alicyclic amines) is 2. The van der Waals surface area contributed by atoms with E-state index in [9.17, 15) is 14.4 Å². The zero-order valence-electron chi connectivity index (χ0n) is 19.4. The second-order valence-corrected chi connectivity index (χ2v) is 9.37. The van der Waals surface area contributed by atoms with Crippen LogP contribution in [-0.4, -0.2) is 59.3 Å². The molecule has 0 N–H and O–H groups in total. The van der Waals surface area contributed by atoms with Crippen molar-refractivity contribution in [2.45, 2.75) is 50.0 Å². The summed E-state index contributed by atoms with van der Waals surface area (Å²) in [6, 6.07) is 12.6. The smallest absolute Gasteiger partial charge is 0.240 e. The summed E-state index contributed by atoms with van der Waals surface area (Å²) in [5.41, 5.74) is 0.0625. The van der Waals surface area contributed by atoms with E-state index in [-0.39, 0.29) is 43.1 Å². The molecular formula is C26H30ClN3O4. The monoisotopic (exact) mass is 483 g/mol. The molecule has 2 fully saturated rings. The highest BCUT2D eigenvalue weighted by molar-refractivity contribution is 6.32. The Morgan fingerprint density at radius 2 is 1.97 bits per heavy atom. The number of pyridine rings is 1. The average molecular weight is 484 g/mol. The Kier molecular flexibility index (Phi) is 7.63. The second-order valence-electron chi connectivity index (χ2n) is 8.97. The van der Waals surface area contributed by atoms with Crippen LogP contribution in [0.1, 0.15) is 55.8 Å². The predicted octanol–water partition coefficient (Wildman–Crippen LogP) is 3.91. The topological polar surface area (TPSA) is 79.8 Å². The maximum Gasteiger partial charge on any atom is 0.240 e. The first-order valence-corrected chi connectivity index (χ1v) is 12.1. The lowest BCUT2D eigenvalue weighted by Crippen LogP contribution is -2.46. The number of nitrogens with zero attached hydrogens (tertiary/aromatic N) is 3. The molecule has 1 aromatic carbocycles. The van der Waals surface area contributed by atoms with Gasteiger partial charge in [-0.25, -0.2) is 0 Å². The molecule has 34 heavy (non-hydrogen) atoms. The highest BCUT2D eigenvalue weighted by Gasteiger charge is 2.55. The second kappa shape index (κ2) is 10.7. The van der Waals surface area contributed by atoms with Crippen LogP contribution in [0.4, 0.5) is 0 Å². The summed E-state index contributed by atoms with van der Waals surface area (Å²) < 4.78 is 5.09. The molecule has 3 amide bonds. The Hall–Kier alpha value is -2.77. The first-order chi connectivity index (χ1) is 16.5. The number of benzene rings is 1. The lowest BCUT2D eigenvalue weighted by molar-refractivity contribution is -0.144. The highest BCUT2D eigenvalue weighted by Crippen LogP contribution is 2.44. The van der Waals surface area contributed by atoms with Crippen molar-refractivity contribution in [1.82, 2.24) is 14.8 Å². The third-order valence-corrected chi connectivity index (χ3v) is 7.16. The number of methoxy groups -OCH3 is 1. The van der Waals surface area contributed by atoms with Gasteiger partial charge in [-0.05, 0) is 49.4 Å². The lowest BCUT2D eigenvalue weighted by atomic mass is 9.75. The van der Waals surface area contributed by atoms with Gasteiger partial charge in [-0.2, -0.15) is 0 Å². The van der Waals surface area contributed by atoms with E-state index in [4.69, 9.17) is 16.3 Å². The molecule has 2 aliphatic rings. The molecule has 2 aliphatic heterocycles. The van der Waals surface area contributed by atoms with Crippen molar-refractivity contribution in [3.05, 3.63) is 64.9 Å². The van der Waals surface area contributed by atoms with Crippen molar-refractivity contribution in [2.24, 2.45) is 0 Å². The van der Waals surface area contributed by atoms with Crippen molar-refractivity contribution in [2.75, 3.05) is 26.8 Å². The largest absolute Gasteiger partial charge is 0.385 e. The quantitative estimate of drug-likeness (QED) is 0.420. The average Bonchev–Trinajstić information content (AvgIpc) is 3.09. The number of rotatable bonds is 8. The summed E-state index contributed by atoms with van der Waals surface area (Å²) in [7, 11) is 1.58. The van der Waals surface area contributed by atoms with Crippen LogP contribution >= 0.6 is 11.6 Å². The fourth-order valence-corrected chi connectivity index (χ4v) is 5.47. The van der Waals surface area contributed by atoms with E-state index in [1.807, 2.05) is 23.1 Å². The summed E-state index contributed by atoms with van der Waals surface area (Å²) >= 11 is 6.54. The molecule has 180 valence electrons. The summed E-state index contributed by atoms with van der Waals surface area (Å²) in [5, 5.41) is 0.384. The summed E-state index contributed by atoms with van der Waals surface area (Å²) in [4.78, 5) is 48.2. The van der Waals surface area contributed by atoms with E-state index in [2.05, 4.69) is 4.98 Å². The van der Waals surface area contributed by atoms with Crippen LogP contribution in [0.5, 0.6) is 0 Å². The summed E-state index contributed by atoms with van der Waals surface area (Å²) in [5.74, 6) is -0.801. The van der Waals surface area contributed by atoms with Crippen molar-refractivity contribution >= 4 is 29.3 Å². The van der Waals surface area contributed by atoms with Gasteiger partial charge in [-0.3, -0.25) is 24.3 Å². The zero-order chi connectivity index (χ0) is 24.1. The van der Waals surface area contributed by atoms with Crippen molar-refractivity contribution < 1.29 is 19.1 Å². The van der Waals surface area contributed by atoms with Crippen molar-refractivity contribution in [3.63, 3.8) is 0 Å². The molecule has 0 bridgehead atoms. The van der Waals surface area contributed by atoms with E-state index in [0.717, 1.165) is 25.0 Å².